The predicted molar refractivity (Wildman–Crippen MR) is 177 cm³/mol. The number of para-hydroxylation sites is 1. The number of ether oxygens (including phenoxy) is 5. The van der Waals surface area contributed by atoms with Crippen LogP contribution in [0.25, 0.3) is 11.0 Å². The van der Waals surface area contributed by atoms with E-state index in [1.54, 1.807) is 107 Å². The first-order valence-corrected chi connectivity index (χ1v) is 16.1. The maximum atomic E-state index is 13.7. The number of rotatable bonds is 7. The van der Waals surface area contributed by atoms with Crippen molar-refractivity contribution in [2.75, 3.05) is 6.61 Å². The van der Waals surface area contributed by atoms with Crippen molar-refractivity contribution >= 4 is 40.8 Å². The van der Waals surface area contributed by atoms with E-state index >= 15 is 0 Å². The van der Waals surface area contributed by atoms with Crippen LogP contribution in [0, 0.1) is 21.7 Å². The van der Waals surface area contributed by atoms with Crippen molar-refractivity contribution in [1.29, 1.82) is 0 Å². The zero-order chi connectivity index (χ0) is 37.3. The maximum absolute atomic E-state index is 13.7. The van der Waals surface area contributed by atoms with Gasteiger partial charge in [-0.25, -0.2) is 4.79 Å². The number of nitrogens with one attached hydrogen (secondary N) is 1. The van der Waals surface area contributed by atoms with Crippen molar-refractivity contribution in [2.45, 2.75) is 114 Å². The highest BCUT2D eigenvalue weighted by molar-refractivity contribution is 5.96. The molecule has 270 valence electrons. The first-order chi connectivity index (χ1) is 22.3. The summed E-state index contributed by atoms with van der Waals surface area (Å²) in [7, 11) is 0. The lowest BCUT2D eigenvalue weighted by Crippen LogP contribution is -2.67. The lowest BCUT2D eigenvalue weighted by Gasteiger charge is -2.46. The number of hydrogen-bond donors (Lipinski definition) is 1. The van der Waals surface area contributed by atoms with Gasteiger partial charge in [0.2, 0.25) is 0 Å². The largest absolute Gasteiger partial charge is 0.462 e. The maximum Gasteiger partial charge on any atom is 0.349 e. The number of esters is 4. The highest BCUT2D eigenvalue weighted by atomic mass is 16.7. The van der Waals surface area contributed by atoms with Gasteiger partial charge in [-0.3, -0.25) is 24.0 Å². The van der Waals surface area contributed by atoms with Gasteiger partial charge in [-0.1, -0.05) is 18.2 Å². The predicted octanol–water partition coefficient (Wildman–Crippen LogP) is 4.71. The van der Waals surface area contributed by atoms with Crippen molar-refractivity contribution < 1.29 is 52.1 Å². The normalized spacial score (nSPS) is 21.8. The van der Waals surface area contributed by atoms with E-state index in [0.717, 1.165) is 0 Å². The fraction of sp³-hybridized carbons (Fsp3) is 0.611. The van der Waals surface area contributed by atoms with Gasteiger partial charge in [0.15, 0.2) is 24.5 Å². The molecule has 3 rings (SSSR count). The van der Waals surface area contributed by atoms with E-state index in [0.29, 0.717) is 5.39 Å². The van der Waals surface area contributed by atoms with E-state index in [4.69, 9.17) is 28.1 Å². The van der Waals surface area contributed by atoms with Gasteiger partial charge in [0, 0.05) is 5.39 Å². The summed E-state index contributed by atoms with van der Waals surface area (Å²) >= 11 is 0. The minimum atomic E-state index is -1.61. The number of carbonyl (C=O) groups is 5. The fourth-order valence-corrected chi connectivity index (χ4v) is 4.27. The van der Waals surface area contributed by atoms with Gasteiger partial charge >= 0.3 is 29.5 Å². The van der Waals surface area contributed by atoms with Crippen molar-refractivity contribution in [3.8, 4) is 0 Å². The van der Waals surface area contributed by atoms with Crippen LogP contribution < -0.4 is 10.9 Å². The number of hydrogen-bond acceptors (Lipinski definition) is 12. The molecule has 1 aromatic carbocycles. The molecule has 0 spiro atoms. The van der Waals surface area contributed by atoms with E-state index in [2.05, 4.69) is 5.32 Å². The average Bonchev–Trinajstić information content (AvgIpc) is 2.96. The van der Waals surface area contributed by atoms with Gasteiger partial charge < -0.3 is 33.4 Å². The third-order valence-electron chi connectivity index (χ3n) is 7.35. The molecule has 1 N–H and O–H groups in total. The summed E-state index contributed by atoms with van der Waals surface area (Å²) in [5.41, 5.74) is -5.20. The van der Waals surface area contributed by atoms with Crippen LogP contribution in [-0.2, 0) is 42.9 Å². The van der Waals surface area contributed by atoms with Crippen LogP contribution in [-0.4, -0.2) is 67.0 Å². The SMILES string of the molecule is CC(C)(C)C(=O)OCC1O[C@@H](NC(=O)c2cc3ccccc3oc2=O)C(OC(=O)C(C)(C)C)C(OC(=O)C(C)(C)C)[C@H]1OC(=O)C(C)(C)C. The molecular formula is C36H49NO12. The second-order valence-electron chi connectivity index (χ2n) is 16.3. The van der Waals surface area contributed by atoms with Crippen LogP contribution in [0.5, 0.6) is 0 Å². The molecule has 3 unspecified atom stereocenters. The Morgan fingerprint density at radius 3 is 1.65 bits per heavy atom. The molecule has 1 fully saturated rings. The number of amides is 1. The van der Waals surface area contributed by atoms with Crippen LogP contribution >= 0.6 is 0 Å². The second kappa shape index (κ2) is 14.3. The van der Waals surface area contributed by atoms with Crippen LogP contribution in [0.3, 0.4) is 0 Å². The van der Waals surface area contributed by atoms with Gasteiger partial charge in [-0.05, 0) is 95.2 Å². The van der Waals surface area contributed by atoms with E-state index in [1.807, 2.05) is 0 Å². The smallest absolute Gasteiger partial charge is 0.349 e. The van der Waals surface area contributed by atoms with Crippen LogP contribution in [0.2, 0.25) is 0 Å². The molecule has 1 aliphatic heterocycles. The standard InChI is InChI=1S/C36H49NO12/c1-33(2,3)29(40)44-18-22-23(47-30(41)34(4,5)6)24(48-31(42)35(7,8)9)25(49-32(43)36(10,11)12)27(45-22)37-26(38)20-17-19-15-13-14-16-21(19)46-28(20)39/h13-17,22-25,27H,18H2,1-12H3,(H,37,38)/t22?,23-,24?,25?,27+/m0/s1. The summed E-state index contributed by atoms with van der Waals surface area (Å²) < 4.78 is 34.9. The molecule has 0 saturated carbocycles. The number of fused-ring (bicyclic) bond motifs is 1. The second-order valence-corrected chi connectivity index (χ2v) is 16.3. The minimum Gasteiger partial charge on any atom is -0.462 e. The number of carbonyl (C=O) groups excluding carboxylic acids is 5. The van der Waals surface area contributed by atoms with E-state index in [9.17, 15) is 28.8 Å². The number of benzene rings is 1. The Morgan fingerprint density at radius 1 is 0.673 bits per heavy atom. The summed E-state index contributed by atoms with van der Waals surface area (Å²) in [6.07, 6.45) is -7.62. The summed E-state index contributed by atoms with van der Waals surface area (Å²) in [6, 6.07) is 7.93. The quantitative estimate of drug-likeness (QED) is 0.242. The molecule has 1 aromatic heterocycles. The molecule has 1 amide bonds. The molecule has 1 saturated heterocycles. The molecule has 1 aliphatic rings. The summed E-state index contributed by atoms with van der Waals surface area (Å²) in [5, 5.41) is 3.03. The summed E-state index contributed by atoms with van der Waals surface area (Å²) in [5.74, 6) is -3.81. The molecule has 2 heterocycles. The molecule has 13 heteroatoms. The first kappa shape index (κ1) is 39.2. The highest BCUT2D eigenvalue weighted by Gasteiger charge is 2.55. The Bertz CT molecular complexity index is 1630. The summed E-state index contributed by atoms with van der Waals surface area (Å²) in [4.78, 5) is 79.6. The topological polar surface area (TPSA) is 174 Å². The van der Waals surface area contributed by atoms with Gasteiger partial charge in [0.1, 0.15) is 23.9 Å². The Labute approximate surface area is 286 Å². The van der Waals surface area contributed by atoms with Gasteiger partial charge in [-0.15, -0.1) is 0 Å². The van der Waals surface area contributed by atoms with E-state index in [1.165, 1.54) is 6.07 Å². The highest BCUT2D eigenvalue weighted by Crippen LogP contribution is 2.33. The van der Waals surface area contributed by atoms with Crippen molar-refractivity contribution in [1.82, 2.24) is 5.32 Å². The summed E-state index contributed by atoms with van der Waals surface area (Å²) in [6.45, 7) is 18.8. The zero-order valence-corrected chi connectivity index (χ0v) is 30.4. The fourth-order valence-electron chi connectivity index (χ4n) is 4.27. The van der Waals surface area contributed by atoms with E-state index in [-0.39, 0.29) is 11.1 Å². The average molecular weight is 688 g/mol. The Balaban J connectivity index is 2.19. The molecule has 5 atom stereocenters. The van der Waals surface area contributed by atoms with Gasteiger partial charge in [0.25, 0.3) is 5.91 Å². The third kappa shape index (κ3) is 9.90. The first-order valence-electron chi connectivity index (χ1n) is 16.1. The van der Waals surface area contributed by atoms with Crippen molar-refractivity contribution in [3.05, 3.63) is 46.3 Å². The molecule has 13 nitrogen and oxygen atoms in total. The lowest BCUT2D eigenvalue weighted by atomic mass is 9.92. The molecule has 2 aromatic rings. The van der Waals surface area contributed by atoms with Gasteiger partial charge in [-0.2, -0.15) is 0 Å². The zero-order valence-electron chi connectivity index (χ0n) is 30.4. The Kier molecular flexibility index (Phi) is 11.4. The molecule has 0 aliphatic carbocycles. The van der Waals surface area contributed by atoms with Crippen LogP contribution in [0.15, 0.2) is 39.5 Å². The Morgan fingerprint density at radius 2 is 1.14 bits per heavy atom. The minimum absolute atomic E-state index is 0.258. The molecule has 0 bridgehead atoms. The molecular weight excluding hydrogens is 638 g/mol. The Hall–Kier alpha value is -4.26. The van der Waals surface area contributed by atoms with Crippen LogP contribution in [0.1, 0.15) is 93.4 Å². The third-order valence-corrected chi connectivity index (χ3v) is 7.35. The van der Waals surface area contributed by atoms with Crippen molar-refractivity contribution in [3.63, 3.8) is 0 Å². The lowest BCUT2D eigenvalue weighted by molar-refractivity contribution is -0.263. The van der Waals surface area contributed by atoms with E-state index < -0.39 is 94.3 Å². The van der Waals surface area contributed by atoms with Crippen molar-refractivity contribution in [2.24, 2.45) is 21.7 Å². The van der Waals surface area contributed by atoms with Crippen LogP contribution in [0.4, 0.5) is 0 Å². The molecule has 49 heavy (non-hydrogen) atoms. The monoisotopic (exact) mass is 687 g/mol. The molecule has 0 radical (unpaired) electrons. The van der Waals surface area contributed by atoms with Gasteiger partial charge in [0.05, 0.1) is 21.7 Å².